The average molecular weight is 261 g/mol. The molecule has 0 radical (unpaired) electrons. The van der Waals surface area contributed by atoms with E-state index in [9.17, 15) is 8.42 Å². The fourth-order valence-electron chi connectivity index (χ4n) is 1.88. The van der Waals surface area contributed by atoms with Crippen LogP contribution in [0.5, 0.6) is 0 Å². The van der Waals surface area contributed by atoms with Crippen LogP contribution in [-0.2, 0) is 9.84 Å². The van der Waals surface area contributed by atoms with Crippen LogP contribution < -0.4 is 10.9 Å². The van der Waals surface area contributed by atoms with Crippen molar-refractivity contribution in [1.82, 2.24) is 10.9 Å². The van der Waals surface area contributed by atoms with E-state index in [1.165, 1.54) is 6.26 Å². The lowest BCUT2D eigenvalue weighted by Crippen LogP contribution is -2.29. The summed E-state index contributed by atoms with van der Waals surface area (Å²) in [7, 11) is -3.08. The van der Waals surface area contributed by atoms with Crippen molar-refractivity contribution in [1.29, 1.82) is 0 Å². The molecule has 2 unspecified atom stereocenters. The van der Waals surface area contributed by atoms with Gasteiger partial charge in [-0.15, -0.1) is 0 Å². The Kier molecular flexibility index (Phi) is 3.21. The Morgan fingerprint density at radius 1 is 1.44 bits per heavy atom. The maximum absolute atomic E-state index is 11.6. The monoisotopic (exact) mass is 260 g/mol. The van der Waals surface area contributed by atoms with Crippen LogP contribution in [0.15, 0.2) is 24.3 Å². The molecule has 0 aliphatic carbocycles. The fourth-order valence-corrected chi connectivity index (χ4v) is 3.18. The summed E-state index contributed by atoms with van der Waals surface area (Å²) in [5.74, 6) is 0. The third kappa shape index (κ3) is 2.38. The van der Waals surface area contributed by atoms with Crippen molar-refractivity contribution in [2.45, 2.75) is 11.3 Å². The van der Waals surface area contributed by atoms with Crippen LogP contribution in [0.25, 0.3) is 0 Å². The molecule has 1 aliphatic heterocycles. The summed E-state index contributed by atoms with van der Waals surface area (Å²) in [6, 6.07) is 6.99. The molecule has 6 heteroatoms. The molecule has 2 rings (SSSR count). The highest BCUT2D eigenvalue weighted by Crippen LogP contribution is 2.26. The number of hydrogen-bond donors (Lipinski definition) is 2. The van der Waals surface area contributed by atoms with Crippen LogP contribution in [-0.4, -0.2) is 26.5 Å². The molecule has 1 heterocycles. The Morgan fingerprint density at radius 3 is 2.81 bits per heavy atom. The van der Waals surface area contributed by atoms with Crippen molar-refractivity contribution in [3.05, 3.63) is 34.9 Å². The van der Waals surface area contributed by atoms with Gasteiger partial charge in [-0.2, -0.15) is 0 Å². The number of sulfone groups is 1. The summed E-state index contributed by atoms with van der Waals surface area (Å²) in [4.78, 5) is 0. The summed E-state index contributed by atoms with van der Waals surface area (Å²) in [5, 5.41) is 0.157. The lowest BCUT2D eigenvalue weighted by atomic mass is 10.1. The highest BCUT2D eigenvalue weighted by atomic mass is 35.5. The quantitative estimate of drug-likeness (QED) is 0.830. The number of nitrogens with one attached hydrogen (secondary N) is 2. The molecule has 1 aliphatic rings. The van der Waals surface area contributed by atoms with E-state index >= 15 is 0 Å². The number of hydrazine groups is 1. The van der Waals surface area contributed by atoms with Gasteiger partial charge in [0.2, 0.25) is 0 Å². The smallest absolute Gasteiger partial charge is 0.153 e. The number of halogens is 1. The SMILES string of the molecule is CS(=O)(=O)C1CNNC1c1cccc(Cl)c1. The molecular formula is C10H13ClN2O2S. The fraction of sp³-hybridized carbons (Fsp3) is 0.400. The zero-order valence-electron chi connectivity index (χ0n) is 8.77. The summed E-state index contributed by atoms with van der Waals surface area (Å²) >= 11 is 5.89. The van der Waals surface area contributed by atoms with E-state index in [2.05, 4.69) is 10.9 Å². The van der Waals surface area contributed by atoms with E-state index < -0.39 is 15.1 Å². The number of hydrogen-bond acceptors (Lipinski definition) is 4. The Bertz CT molecular complexity index is 489. The molecule has 0 bridgehead atoms. The Labute approximate surface area is 99.9 Å². The van der Waals surface area contributed by atoms with Gasteiger partial charge < -0.3 is 0 Å². The Morgan fingerprint density at radius 2 is 2.19 bits per heavy atom. The summed E-state index contributed by atoms with van der Waals surface area (Å²) in [5.41, 5.74) is 6.73. The molecule has 4 nitrogen and oxygen atoms in total. The van der Waals surface area contributed by atoms with Crippen molar-refractivity contribution >= 4 is 21.4 Å². The second-order valence-corrected chi connectivity index (χ2v) is 6.63. The molecule has 1 aromatic carbocycles. The van der Waals surface area contributed by atoms with Gasteiger partial charge in [0.05, 0.1) is 11.3 Å². The third-order valence-corrected chi connectivity index (χ3v) is 4.46. The van der Waals surface area contributed by atoms with Crippen molar-refractivity contribution in [3.8, 4) is 0 Å². The lowest BCUT2D eigenvalue weighted by Gasteiger charge is -2.17. The topological polar surface area (TPSA) is 58.2 Å². The molecule has 0 saturated carbocycles. The minimum atomic E-state index is -3.08. The van der Waals surface area contributed by atoms with Crippen LogP contribution in [0.1, 0.15) is 11.6 Å². The van der Waals surface area contributed by atoms with E-state index in [1.54, 1.807) is 12.1 Å². The second kappa shape index (κ2) is 4.33. The van der Waals surface area contributed by atoms with E-state index in [1.807, 2.05) is 12.1 Å². The van der Waals surface area contributed by atoms with Crippen LogP contribution in [0, 0.1) is 0 Å². The molecule has 2 N–H and O–H groups in total. The van der Waals surface area contributed by atoms with Gasteiger partial charge in [-0.25, -0.2) is 13.8 Å². The van der Waals surface area contributed by atoms with Crippen LogP contribution in [0.3, 0.4) is 0 Å². The molecule has 1 saturated heterocycles. The highest BCUT2D eigenvalue weighted by Gasteiger charge is 2.35. The predicted molar refractivity (Wildman–Crippen MR) is 64.0 cm³/mol. The van der Waals surface area contributed by atoms with E-state index in [-0.39, 0.29) is 6.04 Å². The maximum atomic E-state index is 11.6. The standard InChI is InChI=1S/C10H13ClN2O2S/c1-16(14,15)9-6-12-13-10(9)7-3-2-4-8(11)5-7/h2-5,9-10,12-13H,6H2,1H3. The molecule has 0 aromatic heterocycles. The Hall–Kier alpha value is -0.620. The van der Waals surface area contributed by atoms with Crippen molar-refractivity contribution < 1.29 is 8.42 Å². The number of rotatable bonds is 2. The van der Waals surface area contributed by atoms with Crippen molar-refractivity contribution in [2.24, 2.45) is 0 Å². The molecular weight excluding hydrogens is 248 g/mol. The molecule has 1 fully saturated rings. The first-order valence-corrected chi connectivity index (χ1v) is 7.24. The first kappa shape index (κ1) is 11.9. The largest absolute Gasteiger partial charge is 0.256 e. The Balaban J connectivity index is 2.34. The number of benzene rings is 1. The van der Waals surface area contributed by atoms with Crippen LogP contribution in [0.2, 0.25) is 5.02 Å². The zero-order chi connectivity index (χ0) is 11.8. The first-order valence-electron chi connectivity index (χ1n) is 4.91. The molecule has 2 atom stereocenters. The summed E-state index contributed by atoms with van der Waals surface area (Å²) in [6.45, 7) is 0.413. The molecule has 0 spiro atoms. The van der Waals surface area contributed by atoms with Crippen LogP contribution in [0.4, 0.5) is 0 Å². The van der Waals surface area contributed by atoms with Crippen molar-refractivity contribution in [2.75, 3.05) is 12.8 Å². The van der Waals surface area contributed by atoms with Gasteiger partial charge in [-0.05, 0) is 17.7 Å². The lowest BCUT2D eigenvalue weighted by molar-refractivity contribution is 0.557. The van der Waals surface area contributed by atoms with E-state index in [0.29, 0.717) is 11.6 Å². The predicted octanol–water partition coefficient (Wildman–Crippen LogP) is 0.902. The zero-order valence-corrected chi connectivity index (χ0v) is 10.3. The average Bonchev–Trinajstić information content (AvgIpc) is 2.65. The molecule has 88 valence electrons. The molecule has 16 heavy (non-hydrogen) atoms. The van der Waals surface area contributed by atoms with Gasteiger partial charge in [-0.1, -0.05) is 23.7 Å². The van der Waals surface area contributed by atoms with Gasteiger partial charge in [0.25, 0.3) is 0 Å². The third-order valence-electron chi connectivity index (χ3n) is 2.69. The van der Waals surface area contributed by atoms with E-state index in [0.717, 1.165) is 5.56 Å². The molecule has 1 aromatic rings. The molecule has 0 amide bonds. The van der Waals surface area contributed by atoms with Gasteiger partial charge in [0.15, 0.2) is 9.84 Å². The second-order valence-electron chi connectivity index (χ2n) is 3.93. The normalized spacial score (nSPS) is 25.9. The van der Waals surface area contributed by atoms with Gasteiger partial charge in [0, 0.05) is 17.8 Å². The summed E-state index contributed by atoms with van der Waals surface area (Å²) in [6.07, 6.45) is 1.25. The van der Waals surface area contributed by atoms with Crippen molar-refractivity contribution in [3.63, 3.8) is 0 Å². The van der Waals surface area contributed by atoms with Gasteiger partial charge >= 0.3 is 0 Å². The van der Waals surface area contributed by atoms with Gasteiger partial charge in [0.1, 0.15) is 0 Å². The first-order chi connectivity index (χ1) is 7.48. The minimum absolute atomic E-state index is 0.242. The van der Waals surface area contributed by atoms with Crippen LogP contribution >= 0.6 is 11.6 Å². The van der Waals surface area contributed by atoms with E-state index in [4.69, 9.17) is 11.6 Å². The minimum Gasteiger partial charge on any atom is -0.256 e. The highest BCUT2D eigenvalue weighted by molar-refractivity contribution is 7.91. The summed E-state index contributed by atoms with van der Waals surface area (Å²) < 4.78 is 23.2. The van der Waals surface area contributed by atoms with Gasteiger partial charge in [-0.3, -0.25) is 5.43 Å². The maximum Gasteiger partial charge on any atom is 0.153 e.